The number of rotatable bonds is 19. The third-order valence-electron chi connectivity index (χ3n) is 3.14. The zero-order chi connectivity index (χ0) is 18.6. The van der Waals surface area contributed by atoms with Gasteiger partial charge in [0.2, 0.25) is 0 Å². The van der Waals surface area contributed by atoms with E-state index in [0.717, 1.165) is 37.7 Å². The molecule has 0 fully saturated rings. The Morgan fingerprint density at radius 2 is 1.96 bits per heavy atom. The van der Waals surface area contributed by atoms with Gasteiger partial charge in [0.15, 0.2) is 0 Å². The van der Waals surface area contributed by atoms with E-state index in [1.54, 1.807) is 10.8 Å². The van der Waals surface area contributed by atoms with Crippen LogP contribution in [0, 0.1) is 0 Å². The number of ketones is 1. The van der Waals surface area contributed by atoms with Crippen molar-refractivity contribution in [3.05, 3.63) is 12.2 Å². The highest BCUT2D eigenvalue weighted by atomic mass is 33.1. The van der Waals surface area contributed by atoms with Gasteiger partial charge in [-0.1, -0.05) is 47.6 Å². The van der Waals surface area contributed by atoms with E-state index in [1.807, 2.05) is 29.9 Å². The largest absolute Gasteiger partial charge is 0.376 e. The molecule has 0 aliphatic rings. The van der Waals surface area contributed by atoms with Crippen LogP contribution in [-0.2, 0) is 14.3 Å². The molecule has 0 aromatic carbocycles. The Balaban J connectivity index is 3.17. The Labute approximate surface area is 161 Å². The topological polar surface area (TPSA) is 59.6 Å². The van der Waals surface area contributed by atoms with Crippen LogP contribution < -0.4 is 10.6 Å². The molecule has 0 aliphatic heterocycles. The number of hydrogen-bond donors (Lipinski definition) is 2. The van der Waals surface area contributed by atoms with Crippen LogP contribution in [0.1, 0.15) is 40.0 Å². The molecule has 0 atom stereocenters. The summed E-state index contributed by atoms with van der Waals surface area (Å²) < 4.78 is 10.9. The lowest BCUT2D eigenvalue weighted by Crippen LogP contribution is -2.26. The van der Waals surface area contributed by atoms with Crippen molar-refractivity contribution in [1.29, 1.82) is 0 Å². The lowest BCUT2D eigenvalue weighted by Gasteiger charge is -2.07. The predicted molar refractivity (Wildman–Crippen MR) is 111 cm³/mol. The van der Waals surface area contributed by atoms with E-state index in [0.29, 0.717) is 38.8 Å². The number of carbonyl (C=O) groups excluding carboxylic acids is 1. The molecule has 0 aromatic rings. The van der Waals surface area contributed by atoms with Crippen molar-refractivity contribution in [1.82, 2.24) is 10.6 Å². The number of allylic oxidation sites excluding steroid dienone is 1. The standard InChI is InChI=1S/C18H36N2O3S2/c1-4-5-11-22-13-9-19-15-18(21)8-6-7-12-23-16-25-24-14-10-20-17(2)3/h4-5,17,19-20H,6-16H2,1-3H3/b5-4+. The first kappa shape index (κ1) is 24.9. The zero-order valence-corrected chi connectivity index (χ0v) is 17.7. The van der Waals surface area contributed by atoms with Gasteiger partial charge in [0, 0.05) is 37.9 Å². The first-order valence-electron chi connectivity index (χ1n) is 9.13. The second-order valence-electron chi connectivity index (χ2n) is 5.89. The monoisotopic (exact) mass is 392 g/mol. The van der Waals surface area contributed by atoms with Crippen LogP contribution in [0.4, 0.5) is 0 Å². The van der Waals surface area contributed by atoms with E-state index in [9.17, 15) is 4.79 Å². The SMILES string of the molecule is C/C=C/COCCNCC(=O)CCCCOCSSCCNC(C)C. The fourth-order valence-electron chi connectivity index (χ4n) is 1.81. The van der Waals surface area contributed by atoms with Gasteiger partial charge in [-0.15, -0.1) is 0 Å². The fraction of sp³-hybridized carbons (Fsp3) is 0.833. The van der Waals surface area contributed by atoms with Gasteiger partial charge in [0.05, 0.1) is 19.8 Å². The Morgan fingerprint density at radius 3 is 2.72 bits per heavy atom. The molecule has 25 heavy (non-hydrogen) atoms. The molecular formula is C18H36N2O3S2. The number of nitrogens with one attached hydrogen (secondary N) is 2. The lowest BCUT2D eigenvalue weighted by molar-refractivity contribution is -0.118. The Kier molecular flexibility index (Phi) is 20.2. The Morgan fingerprint density at radius 1 is 1.12 bits per heavy atom. The van der Waals surface area contributed by atoms with Crippen molar-refractivity contribution in [2.45, 2.75) is 46.1 Å². The summed E-state index contributed by atoms with van der Waals surface area (Å²) in [6.07, 6.45) is 6.39. The van der Waals surface area contributed by atoms with E-state index in [4.69, 9.17) is 9.47 Å². The van der Waals surface area contributed by atoms with Crippen molar-refractivity contribution in [3.63, 3.8) is 0 Å². The highest BCUT2D eigenvalue weighted by Crippen LogP contribution is 2.20. The summed E-state index contributed by atoms with van der Waals surface area (Å²) in [5, 5.41) is 6.50. The zero-order valence-electron chi connectivity index (χ0n) is 16.1. The number of hydrogen-bond acceptors (Lipinski definition) is 7. The van der Waals surface area contributed by atoms with Crippen LogP contribution in [0.15, 0.2) is 12.2 Å². The van der Waals surface area contributed by atoms with Gasteiger partial charge < -0.3 is 20.1 Å². The van der Waals surface area contributed by atoms with Crippen LogP contribution in [0.5, 0.6) is 0 Å². The third kappa shape index (κ3) is 21.9. The molecule has 0 aromatic heterocycles. The van der Waals surface area contributed by atoms with Crippen LogP contribution in [0.2, 0.25) is 0 Å². The maximum Gasteiger partial charge on any atom is 0.146 e. The van der Waals surface area contributed by atoms with Crippen molar-refractivity contribution >= 4 is 27.4 Å². The first-order chi connectivity index (χ1) is 12.2. The van der Waals surface area contributed by atoms with Crippen molar-refractivity contribution in [2.75, 3.05) is 51.1 Å². The van der Waals surface area contributed by atoms with E-state index in [1.165, 1.54) is 0 Å². The maximum atomic E-state index is 11.7. The summed E-state index contributed by atoms with van der Waals surface area (Å²) in [7, 11) is 3.59. The van der Waals surface area contributed by atoms with Crippen LogP contribution >= 0.6 is 21.6 Å². The number of carbonyl (C=O) groups is 1. The number of ether oxygens (including phenoxy) is 2. The average Bonchev–Trinajstić information content (AvgIpc) is 2.58. The van der Waals surface area contributed by atoms with E-state index in [-0.39, 0.29) is 5.78 Å². The smallest absolute Gasteiger partial charge is 0.146 e. The maximum absolute atomic E-state index is 11.7. The van der Waals surface area contributed by atoms with Crippen LogP contribution in [0.25, 0.3) is 0 Å². The summed E-state index contributed by atoms with van der Waals surface area (Å²) in [4.78, 5) is 11.7. The van der Waals surface area contributed by atoms with E-state index in [2.05, 4.69) is 24.5 Å². The second-order valence-corrected chi connectivity index (χ2v) is 8.42. The minimum atomic E-state index is 0.260. The Bertz CT molecular complexity index is 329. The molecule has 0 radical (unpaired) electrons. The average molecular weight is 393 g/mol. The third-order valence-corrected chi connectivity index (χ3v) is 5.23. The normalized spacial score (nSPS) is 11.7. The molecule has 0 spiro atoms. The van der Waals surface area contributed by atoms with Crippen LogP contribution in [0.3, 0.4) is 0 Å². The Hall–Kier alpha value is -0.0500. The summed E-state index contributed by atoms with van der Waals surface area (Å²) >= 11 is 0. The quantitative estimate of drug-likeness (QED) is 0.151. The highest BCUT2D eigenvalue weighted by molar-refractivity contribution is 8.76. The van der Waals surface area contributed by atoms with Crippen molar-refractivity contribution in [2.24, 2.45) is 0 Å². The van der Waals surface area contributed by atoms with E-state index < -0.39 is 0 Å². The van der Waals surface area contributed by atoms with Gasteiger partial charge in [-0.05, 0) is 19.8 Å². The number of Topliss-reactive ketones (excluding diaryl/α,β-unsaturated/α-hetero) is 1. The lowest BCUT2D eigenvalue weighted by atomic mass is 10.2. The predicted octanol–water partition coefficient (Wildman–Crippen LogP) is 3.26. The molecule has 0 heterocycles. The first-order valence-corrected chi connectivity index (χ1v) is 11.6. The van der Waals surface area contributed by atoms with Gasteiger partial charge in [-0.2, -0.15) is 0 Å². The molecule has 5 nitrogen and oxygen atoms in total. The summed E-state index contributed by atoms with van der Waals surface area (Å²) in [6.45, 7) is 10.5. The summed E-state index contributed by atoms with van der Waals surface area (Å²) in [6, 6.07) is 0.552. The molecule has 0 unspecified atom stereocenters. The molecule has 0 saturated heterocycles. The molecule has 0 bridgehead atoms. The molecule has 2 N–H and O–H groups in total. The minimum Gasteiger partial charge on any atom is -0.376 e. The van der Waals surface area contributed by atoms with Gasteiger partial charge in [-0.25, -0.2) is 0 Å². The molecular weight excluding hydrogens is 356 g/mol. The minimum absolute atomic E-state index is 0.260. The molecule has 0 aliphatic carbocycles. The molecule has 0 saturated carbocycles. The molecule has 148 valence electrons. The molecule has 7 heteroatoms. The van der Waals surface area contributed by atoms with Gasteiger partial charge in [0.1, 0.15) is 11.7 Å². The fourth-order valence-corrected chi connectivity index (χ4v) is 3.39. The highest BCUT2D eigenvalue weighted by Gasteiger charge is 2.01. The second kappa shape index (κ2) is 20.3. The van der Waals surface area contributed by atoms with Gasteiger partial charge in [0.25, 0.3) is 0 Å². The number of unbranched alkanes of at least 4 members (excludes halogenated alkanes) is 1. The van der Waals surface area contributed by atoms with E-state index >= 15 is 0 Å². The van der Waals surface area contributed by atoms with Crippen LogP contribution in [-0.4, -0.2) is 63.0 Å². The van der Waals surface area contributed by atoms with Crippen molar-refractivity contribution in [3.8, 4) is 0 Å². The molecule has 0 rings (SSSR count). The van der Waals surface area contributed by atoms with Gasteiger partial charge >= 0.3 is 0 Å². The van der Waals surface area contributed by atoms with Gasteiger partial charge in [-0.3, -0.25) is 4.79 Å². The van der Waals surface area contributed by atoms with Crippen molar-refractivity contribution < 1.29 is 14.3 Å². The summed E-state index contributed by atoms with van der Waals surface area (Å²) in [5.41, 5.74) is 0. The summed E-state index contributed by atoms with van der Waals surface area (Å²) in [5.74, 6) is 2.07. The molecule has 0 amide bonds.